The number of carbonyl (C=O) groups is 2. The molecule has 0 aliphatic carbocycles. The van der Waals surface area contributed by atoms with Gasteiger partial charge in [-0.2, -0.15) is 4.31 Å². The molecule has 0 saturated carbocycles. The van der Waals surface area contributed by atoms with Crippen molar-refractivity contribution in [3.63, 3.8) is 0 Å². The minimum atomic E-state index is -3.57. The number of hydrogen-bond acceptors (Lipinski definition) is 6. The van der Waals surface area contributed by atoms with Gasteiger partial charge in [0, 0.05) is 50.7 Å². The summed E-state index contributed by atoms with van der Waals surface area (Å²) in [4.78, 5) is 26.9. The third-order valence-corrected chi connectivity index (χ3v) is 7.74. The maximum atomic E-state index is 12.7. The summed E-state index contributed by atoms with van der Waals surface area (Å²) in [7, 11) is -0.454. The van der Waals surface area contributed by atoms with Crippen LogP contribution >= 0.6 is 0 Å². The first-order valence-electron chi connectivity index (χ1n) is 11.1. The molecule has 184 valence electrons. The lowest BCUT2D eigenvalue weighted by Gasteiger charge is -2.34. The highest BCUT2D eigenvalue weighted by molar-refractivity contribution is 7.89. The zero-order valence-corrected chi connectivity index (χ0v) is 20.5. The van der Waals surface area contributed by atoms with Gasteiger partial charge in [0.25, 0.3) is 0 Å². The monoisotopic (exact) mass is 489 g/mol. The van der Waals surface area contributed by atoms with E-state index in [0.717, 1.165) is 5.56 Å². The molecule has 2 aromatic rings. The lowest BCUT2D eigenvalue weighted by Crippen LogP contribution is -2.50. The summed E-state index contributed by atoms with van der Waals surface area (Å²) in [5, 5.41) is 2.89. The van der Waals surface area contributed by atoms with E-state index in [2.05, 4.69) is 5.32 Å². The van der Waals surface area contributed by atoms with Gasteiger partial charge in [-0.1, -0.05) is 18.2 Å². The standard InChI is InChI=1S/C24H31N3O6S/c1-18(21-10-9-19(32-2)17-22(21)33-3)25-23(28)11-12-24(29)26-13-15-27(16-14-26)34(30,31)20-7-5-4-6-8-20/h4-10,17-18H,11-16H2,1-3H3,(H,25,28). The van der Waals surface area contributed by atoms with E-state index in [0.29, 0.717) is 24.6 Å². The second-order valence-corrected chi connectivity index (χ2v) is 9.93. The van der Waals surface area contributed by atoms with E-state index in [9.17, 15) is 18.0 Å². The molecule has 9 nitrogen and oxygen atoms in total. The Morgan fingerprint density at radius 3 is 2.26 bits per heavy atom. The summed E-state index contributed by atoms with van der Waals surface area (Å²) in [5.74, 6) is 0.846. The Morgan fingerprint density at radius 1 is 0.971 bits per heavy atom. The number of nitrogens with zero attached hydrogens (tertiary/aromatic N) is 2. The van der Waals surface area contributed by atoms with E-state index >= 15 is 0 Å². The fourth-order valence-corrected chi connectivity index (χ4v) is 5.31. The largest absolute Gasteiger partial charge is 0.497 e. The Balaban J connectivity index is 1.48. The molecular weight excluding hydrogens is 458 g/mol. The first kappa shape index (κ1) is 25.5. The highest BCUT2D eigenvalue weighted by Gasteiger charge is 2.30. The van der Waals surface area contributed by atoms with Crippen LogP contribution < -0.4 is 14.8 Å². The quantitative estimate of drug-likeness (QED) is 0.579. The van der Waals surface area contributed by atoms with Crippen molar-refractivity contribution in [3.05, 3.63) is 54.1 Å². The smallest absolute Gasteiger partial charge is 0.243 e. The van der Waals surface area contributed by atoms with Gasteiger partial charge in [0.15, 0.2) is 0 Å². The molecule has 1 saturated heterocycles. The first-order chi connectivity index (χ1) is 16.3. The van der Waals surface area contributed by atoms with Gasteiger partial charge in [-0.25, -0.2) is 8.42 Å². The highest BCUT2D eigenvalue weighted by atomic mass is 32.2. The molecule has 1 aliphatic heterocycles. The van der Waals surface area contributed by atoms with Crippen LogP contribution in [0.2, 0.25) is 0 Å². The van der Waals surface area contributed by atoms with Gasteiger partial charge >= 0.3 is 0 Å². The third kappa shape index (κ3) is 6.06. The molecule has 1 heterocycles. The predicted molar refractivity (Wildman–Crippen MR) is 127 cm³/mol. The van der Waals surface area contributed by atoms with Crippen LogP contribution in [0.3, 0.4) is 0 Å². The van der Waals surface area contributed by atoms with Gasteiger partial charge < -0.3 is 19.7 Å². The summed E-state index contributed by atoms with van der Waals surface area (Å²) >= 11 is 0. The number of rotatable bonds is 9. The van der Waals surface area contributed by atoms with Crippen LogP contribution in [0.25, 0.3) is 0 Å². The number of methoxy groups -OCH3 is 2. The number of benzene rings is 2. The molecule has 0 bridgehead atoms. The molecule has 1 aliphatic rings. The maximum absolute atomic E-state index is 12.7. The van der Waals surface area contributed by atoms with Gasteiger partial charge in [-0.3, -0.25) is 9.59 Å². The summed E-state index contributed by atoms with van der Waals surface area (Å²) in [5.41, 5.74) is 0.804. The SMILES string of the molecule is COc1ccc(C(C)NC(=O)CCC(=O)N2CCN(S(=O)(=O)c3ccccc3)CC2)c(OC)c1. The minimum Gasteiger partial charge on any atom is -0.497 e. The van der Waals surface area contributed by atoms with Crippen LogP contribution in [0.15, 0.2) is 53.4 Å². The van der Waals surface area contributed by atoms with Crippen LogP contribution in [0, 0.1) is 0 Å². The van der Waals surface area contributed by atoms with Crippen molar-refractivity contribution in [2.24, 2.45) is 0 Å². The van der Waals surface area contributed by atoms with Gasteiger partial charge in [0.2, 0.25) is 21.8 Å². The van der Waals surface area contributed by atoms with Crippen LogP contribution in [0.5, 0.6) is 11.5 Å². The molecular formula is C24H31N3O6S. The number of piperazine rings is 1. The fraction of sp³-hybridized carbons (Fsp3) is 0.417. The van der Waals surface area contributed by atoms with Crippen molar-refractivity contribution >= 4 is 21.8 Å². The Bertz CT molecular complexity index is 1100. The second kappa shape index (κ2) is 11.3. The summed E-state index contributed by atoms with van der Waals surface area (Å²) < 4.78 is 37.4. The van der Waals surface area contributed by atoms with Crippen molar-refractivity contribution in [1.82, 2.24) is 14.5 Å². The van der Waals surface area contributed by atoms with Crippen LogP contribution in [0.4, 0.5) is 0 Å². The fourth-order valence-electron chi connectivity index (χ4n) is 3.87. The molecule has 2 amide bonds. The van der Waals surface area contributed by atoms with E-state index < -0.39 is 10.0 Å². The Hall–Kier alpha value is -3.11. The number of amides is 2. The molecule has 0 spiro atoms. The number of carbonyl (C=O) groups excluding carboxylic acids is 2. The van der Waals surface area contributed by atoms with E-state index in [-0.39, 0.29) is 48.7 Å². The lowest BCUT2D eigenvalue weighted by atomic mass is 10.1. The molecule has 34 heavy (non-hydrogen) atoms. The third-order valence-electron chi connectivity index (χ3n) is 5.82. The van der Waals surface area contributed by atoms with Crippen molar-refractivity contribution in [2.75, 3.05) is 40.4 Å². The number of nitrogens with one attached hydrogen (secondary N) is 1. The minimum absolute atomic E-state index is 0.0458. The zero-order valence-electron chi connectivity index (χ0n) is 19.7. The topological polar surface area (TPSA) is 105 Å². The lowest BCUT2D eigenvalue weighted by molar-refractivity contribution is -0.134. The number of hydrogen-bond donors (Lipinski definition) is 1. The van der Waals surface area contributed by atoms with E-state index in [4.69, 9.17) is 9.47 Å². The second-order valence-electron chi connectivity index (χ2n) is 8.00. The van der Waals surface area contributed by atoms with Gasteiger partial charge in [0.05, 0.1) is 25.2 Å². The molecule has 1 atom stereocenters. The summed E-state index contributed by atoms with van der Waals surface area (Å²) in [6.07, 6.45) is 0.105. The molecule has 10 heteroatoms. The average molecular weight is 490 g/mol. The van der Waals surface area contributed by atoms with E-state index in [1.165, 1.54) is 4.31 Å². The van der Waals surface area contributed by atoms with Crippen LogP contribution in [0.1, 0.15) is 31.4 Å². The molecule has 1 fully saturated rings. The molecule has 3 rings (SSSR count). The molecule has 2 aromatic carbocycles. The first-order valence-corrected chi connectivity index (χ1v) is 12.5. The van der Waals surface area contributed by atoms with Crippen LogP contribution in [-0.4, -0.2) is 69.8 Å². The highest BCUT2D eigenvalue weighted by Crippen LogP contribution is 2.29. The zero-order chi connectivity index (χ0) is 24.7. The van der Waals surface area contributed by atoms with Crippen molar-refractivity contribution in [2.45, 2.75) is 30.7 Å². The van der Waals surface area contributed by atoms with Gasteiger partial charge in [0.1, 0.15) is 11.5 Å². The summed E-state index contributed by atoms with van der Waals surface area (Å²) in [6.45, 7) is 2.89. The normalized spacial score (nSPS) is 15.4. The molecule has 1 unspecified atom stereocenters. The number of ether oxygens (including phenoxy) is 2. The van der Waals surface area contributed by atoms with E-state index in [1.807, 2.05) is 13.0 Å². The van der Waals surface area contributed by atoms with Gasteiger partial charge in [-0.05, 0) is 31.2 Å². The van der Waals surface area contributed by atoms with Crippen molar-refractivity contribution < 1.29 is 27.5 Å². The Labute approximate surface area is 200 Å². The van der Waals surface area contributed by atoms with Crippen molar-refractivity contribution in [3.8, 4) is 11.5 Å². The van der Waals surface area contributed by atoms with Crippen molar-refractivity contribution in [1.29, 1.82) is 0 Å². The Kier molecular flexibility index (Phi) is 8.51. The van der Waals surface area contributed by atoms with Gasteiger partial charge in [-0.15, -0.1) is 0 Å². The Morgan fingerprint density at radius 2 is 1.65 bits per heavy atom. The summed E-state index contributed by atoms with van der Waals surface area (Å²) in [6, 6.07) is 13.3. The number of sulfonamides is 1. The van der Waals surface area contributed by atoms with Crippen LogP contribution in [-0.2, 0) is 19.6 Å². The average Bonchev–Trinajstić information content (AvgIpc) is 2.87. The molecule has 0 radical (unpaired) electrons. The molecule has 1 N–H and O–H groups in total. The van der Waals surface area contributed by atoms with E-state index in [1.54, 1.807) is 61.6 Å². The molecule has 0 aromatic heterocycles. The maximum Gasteiger partial charge on any atom is 0.243 e. The predicted octanol–water partition coefficient (Wildman–Crippen LogP) is 2.19.